The molecule has 0 saturated heterocycles. The third-order valence-electron chi connectivity index (χ3n) is 5.88. The van der Waals surface area contributed by atoms with Crippen LogP contribution in [0.5, 0.6) is 5.75 Å². The zero-order valence-corrected chi connectivity index (χ0v) is 15.7. The molecule has 2 saturated carbocycles. The molecule has 0 aliphatic heterocycles. The number of ether oxygens (including phenoxy) is 1. The Morgan fingerprint density at radius 3 is 2.67 bits per heavy atom. The lowest BCUT2D eigenvalue weighted by atomic mass is 9.64. The fraction of sp³-hybridized carbons (Fsp3) is 0.381. The maximum atomic E-state index is 12.0. The monoisotopic (exact) mass is 380 g/mol. The first kappa shape index (κ1) is 16.7. The molecular weight excluding hydrogens is 360 g/mol. The molecule has 2 aliphatic carbocycles. The second kappa shape index (κ2) is 6.30. The highest BCUT2D eigenvalue weighted by atomic mass is 32.1. The highest BCUT2D eigenvalue weighted by molar-refractivity contribution is 7.00. The van der Waals surface area contributed by atoms with Gasteiger partial charge in [0.1, 0.15) is 16.8 Å². The minimum absolute atomic E-state index is 0.653. The molecule has 0 unspecified atom stereocenters. The summed E-state index contributed by atoms with van der Waals surface area (Å²) in [6, 6.07) is 11.9. The van der Waals surface area contributed by atoms with Crippen LogP contribution in [-0.2, 0) is 10.2 Å². The molecule has 1 N–H and O–H groups in total. The van der Waals surface area contributed by atoms with Gasteiger partial charge in [0.25, 0.3) is 0 Å². The number of aromatic nitrogens is 2. The van der Waals surface area contributed by atoms with Crippen LogP contribution in [0.3, 0.4) is 0 Å². The van der Waals surface area contributed by atoms with E-state index in [0.29, 0.717) is 18.8 Å². The Hall–Kier alpha value is -2.47. The van der Waals surface area contributed by atoms with Gasteiger partial charge < -0.3 is 9.84 Å². The molecule has 27 heavy (non-hydrogen) atoms. The molecule has 2 aromatic carbocycles. The molecule has 0 spiro atoms. The number of hydrogen-bond acceptors (Lipinski definition) is 5. The fourth-order valence-electron chi connectivity index (χ4n) is 3.78. The molecule has 6 heteroatoms. The van der Waals surface area contributed by atoms with Gasteiger partial charge in [-0.15, -0.1) is 0 Å². The van der Waals surface area contributed by atoms with Gasteiger partial charge >= 0.3 is 5.97 Å². The largest absolute Gasteiger partial charge is 0.493 e. The number of carboxylic acid groups (broad SMARTS) is 1. The number of nitrogens with zero attached hydrogens (tertiary/aromatic N) is 2. The summed E-state index contributed by atoms with van der Waals surface area (Å²) in [6.07, 6.45) is 4.80. The lowest BCUT2D eigenvalue weighted by Gasteiger charge is -2.38. The Labute approximate surface area is 161 Å². The van der Waals surface area contributed by atoms with Gasteiger partial charge in [0.2, 0.25) is 0 Å². The van der Waals surface area contributed by atoms with Crippen molar-refractivity contribution in [2.75, 3.05) is 6.61 Å². The molecule has 0 bridgehead atoms. The van der Waals surface area contributed by atoms with E-state index in [1.807, 2.05) is 36.4 Å². The van der Waals surface area contributed by atoms with E-state index in [9.17, 15) is 9.90 Å². The maximum absolute atomic E-state index is 12.0. The van der Waals surface area contributed by atoms with Crippen molar-refractivity contribution in [2.24, 2.45) is 5.92 Å². The van der Waals surface area contributed by atoms with Gasteiger partial charge in [-0.05, 0) is 67.0 Å². The van der Waals surface area contributed by atoms with E-state index < -0.39 is 11.4 Å². The van der Waals surface area contributed by atoms with E-state index >= 15 is 0 Å². The minimum Gasteiger partial charge on any atom is -0.493 e. The number of rotatable bonds is 6. The van der Waals surface area contributed by atoms with Gasteiger partial charge in [0, 0.05) is 5.56 Å². The second-order valence-electron chi connectivity index (χ2n) is 7.67. The van der Waals surface area contributed by atoms with E-state index in [2.05, 4.69) is 8.75 Å². The van der Waals surface area contributed by atoms with Gasteiger partial charge in [-0.25, -0.2) is 0 Å². The normalized spacial score (nSPS) is 18.2. The zero-order chi connectivity index (χ0) is 18.4. The van der Waals surface area contributed by atoms with Crippen LogP contribution in [0.1, 0.15) is 37.7 Å². The highest BCUT2D eigenvalue weighted by Crippen LogP contribution is 2.46. The number of carbonyl (C=O) groups is 1. The van der Waals surface area contributed by atoms with Crippen LogP contribution in [0.4, 0.5) is 0 Å². The summed E-state index contributed by atoms with van der Waals surface area (Å²) in [4.78, 5) is 12.0. The molecular formula is C21H20N2O3S. The highest BCUT2D eigenvalue weighted by Gasteiger charge is 2.46. The number of hydrogen-bond donors (Lipinski definition) is 1. The van der Waals surface area contributed by atoms with Crippen LogP contribution in [-0.4, -0.2) is 26.4 Å². The average molecular weight is 380 g/mol. The van der Waals surface area contributed by atoms with E-state index in [0.717, 1.165) is 46.5 Å². The lowest BCUT2D eigenvalue weighted by Crippen LogP contribution is -2.42. The van der Waals surface area contributed by atoms with Gasteiger partial charge in [-0.3, -0.25) is 4.79 Å². The lowest BCUT2D eigenvalue weighted by molar-refractivity contribution is -0.147. The molecule has 0 atom stereocenters. The predicted octanol–water partition coefficient (Wildman–Crippen LogP) is 4.65. The summed E-state index contributed by atoms with van der Waals surface area (Å²) in [6.45, 7) is 0.719. The Bertz CT molecular complexity index is 1020. The Kier molecular flexibility index (Phi) is 3.90. The third-order valence-corrected chi connectivity index (χ3v) is 6.44. The molecule has 0 radical (unpaired) electrons. The molecule has 5 rings (SSSR count). The van der Waals surface area contributed by atoms with Crippen molar-refractivity contribution in [3.05, 3.63) is 42.0 Å². The van der Waals surface area contributed by atoms with Crippen LogP contribution >= 0.6 is 11.7 Å². The van der Waals surface area contributed by atoms with Crippen LogP contribution in [0, 0.1) is 5.92 Å². The Morgan fingerprint density at radius 1 is 1.15 bits per heavy atom. The van der Waals surface area contributed by atoms with Gasteiger partial charge in [-0.1, -0.05) is 18.6 Å². The topological polar surface area (TPSA) is 72.3 Å². The number of carboxylic acids is 1. The van der Waals surface area contributed by atoms with Crippen molar-refractivity contribution in [3.63, 3.8) is 0 Å². The summed E-state index contributed by atoms with van der Waals surface area (Å²) in [7, 11) is 0. The van der Waals surface area contributed by atoms with Crippen molar-refractivity contribution in [3.8, 4) is 16.9 Å². The molecule has 3 aromatic rings. The van der Waals surface area contributed by atoms with Crippen molar-refractivity contribution in [1.29, 1.82) is 0 Å². The van der Waals surface area contributed by atoms with Crippen molar-refractivity contribution in [1.82, 2.24) is 8.75 Å². The molecule has 2 aliphatic rings. The summed E-state index contributed by atoms with van der Waals surface area (Å²) in [5.41, 5.74) is 3.77. The standard InChI is InChI=1S/C21H20N2O3S/c24-20(25)21(8-1-9-21)15-5-7-19(26-12-13-2-3-13)16(11-15)14-4-6-17-18(10-14)23-27-22-17/h4-7,10-11,13H,1-3,8-9,12H2,(H,24,25). The quantitative estimate of drug-likeness (QED) is 0.674. The summed E-state index contributed by atoms with van der Waals surface area (Å²) in [5, 5.41) is 9.82. The smallest absolute Gasteiger partial charge is 0.314 e. The third kappa shape index (κ3) is 2.88. The summed E-state index contributed by atoms with van der Waals surface area (Å²) < 4.78 is 14.7. The summed E-state index contributed by atoms with van der Waals surface area (Å²) in [5.74, 6) is 0.735. The first-order valence-corrected chi connectivity index (χ1v) is 10.1. The van der Waals surface area contributed by atoms with Crippen molar-refractivity contribution < 1.29 is 14.6 Å². The molecule has 138 valence electrons. The molecule has 1 heterocycles. The second-order valence-corrected chi connectivity index (χ2v) is 8.20. The predicted molar refractivity (Wildman–Crippen MR) is 104 cm³/mol. The van der Waals surface area contributed by atoms with Crippen LogP contribution in [0.25, 0.3) is 22.2 Å². The molecule has 1 aromatic heterocycles. The summed E-state index contributed by atoms with van der Waals surface area (Å²) >= 11 is 1.20. The Balaban J connectivity index is 1.60. The number of fused-ring (bicyclic) bond motifs is 1. The van der Waals surface area contributed by atoms with Gasteiger partial charge in [0.15, 0.2) is 0 Å². The van der Waals surface area contributed by atoms with Crippen molar-refractivity contribution in [2.45, 2.75) is 37.5 Å². The molecule has 2 fully saturated rings. The van der Waals surface area contributed by atoms with E-state index in [-0.39, 0.29) is 0 Å². The van der Waals surface area contributed by atoms with Gasteiger partial charge in [-0.2, -0.15) is 8.75 Å². The van der Waals surface area contributed by atoms with E-state index in [1.165, 1.54) is 24.6 Å². The minimum atomic E-state index is -0.754. The van der Waals surface area contributed by atoms with Crippen molar-refractivity contribution >= 4 is 28.7 Å². The molecule has 0 amide bonds. The first-order chi connectivity index (χ1) is 13.2. The van der Waals surface area contributed by atoms with E-state index in [1.54, 1.807) is 0 Å². The van der Waals surface area contributed by atoms with Gasteiger partial charge in [0.05, 0.1) is 23.8 Å². The van der Waals surface area contributed by atoms with Crippen LogP contribution in [0.2, 0.25) is 0 Å². The molecule has 5 nitrogen and oxygen atoms in total. The van der Waals surface area contributed by atoms with E-state index in [4.69, 9.17) is 4.74 Å². The average Bonchev–Trinajstić information content (AvgIpc) is 3.34. The number of benzene rings is 2. The zero-order valence-electron chi connectivity index (χ0n) is 14.9. The van der Waals surface area contributed by atoms with Crippen LogP contribution < -0.4 is 4.74 Å². The van der Waals surface area contributed by atoms with Crippen LogP contribution in [0.15, 0.2) is 36.4 Å². The Morgan fingerprint density at radius 2 is 1.96 bits per heavy atom. The first-order valence-electron chi connectivity index (χ1n) is 9.39. The maximum Gasteiger partial charge on any atom is 0.314 e. The fourth-order valence-corrected chi connectivity index (χ4v) is 4.29. The SMILES string of the molecule is O=C(O)C1(c2ccc(OCC3CC3)c(-c3ccc4nsnc4c3)c2)CCC1. The number of aliphatic carboxylic acids is 1.